The Kier molecular flexibility index (Phi) is 5.02. The van der Waals surface area contributed by atoms with Gasteiger partial charge >= 0.3 is 0 Å². The minimum Gasteiger partial charge on any atom is -0.507 e. The van der Waals surface area contributed by atoms with Gasteiger partial charge in [0.1, 0.15) is 23.3 Å². The van der Waals surface area contributed by atoms with Crippen molar-refractivity contribution in [2.75, 3.05) is 13.1 Å². The van der Waals surface area contributed by atoms with Gasteiger partial charge in [-0.25, -0.2) is 0 Å². The van der Waals surface area contributed by atoms with Crippen molar-refractivity contribution in [1.29, 1.82) is 0 Å². The van der Waals surface area contributed by atoms with Crippen molar-refractivity contribution in [2.24, 2.45) is 0 Å². The predicted molar refractivity (Wildman–Crippen MR) is 106 cm³/mol. The maximum atomic E-state index is 12.8. The molecule has 6 nitrogen and oxygen atoms in total. The summed E-state index contributed by atoms with van der Waals surface area (Å²) in [5, 5.41) is 17.0. The Balaban J connectivity index is 1.38. The highest BCUT2D eigenvalue weighted by molar-refractivity contribution is 5.93. The van der Waals surface area contributed by atoms with E-state index >= 15 is 0 Å². The quantitative estimate of drug-likeness (QED) is 0.725. The van der Waals surface area contributed by atoms with Gasteiger partial charge in [-0.3, -0.25) is 9.89 Å². The van der Waals surface area contributed by atoms with Crippen LogP contribution in [0.4, 0.5) is 0 Å². The fourth-order valence-corrected chi connectivity index (χ4v) is 3.47. The minimum atomic E-state index is -0.0801. The van der Waals surface area contributed by atoms with Crippen LogP contribution in [-0.4, -0.2) is 45.3 Å². The summed E-state index contributed by atoms with van der Waals surface area (Å²) in [5.74, 6) is 0.971. The van der Waals surface area contributed by atoms with E-state index in [1.807, 2.05) is 42.2 Å². The van der Waals surface area contributed by atoms with Crippen LogP contribution in [0.15, 0.2) is 54.6 Å². The number of carbonyl (C=O) groups excluding carboxylic acids is 1. The Labute approximate surface area is 163 Å². The molecule has 2 N–H and O–H groups in total. The SMILES string of the molecule is Cc1ccccc1OC1CCN(C(=O)c2cc(-c3ccccc3O)n[nH]2)CC1. The number of para-hydroxylation sites is 2. The Bertz CT molecular complexity index is 974. The van der Waals surface area contributed by atoms with Crippen molar-refractivity contribution < 1.29 is 14.6 Å². The first-order valence-electron chi connectivity index (χ1n) is 9.47. The van der Waals surface area contributed by atoms with Crippen LogP contribution in [0, 0.1) is 6.92 Å². The molecular formula is C22H23N3O3. The number of phenols is 1. The molecule has 2 heterocycles. The van der Waals surface area contributed by atoms with Crippen molar-refractivity contribution in [2.45, 2.75) is 25.9 Å². The summed E-state index contributed by atoms with van der Waals surface area (Å²) in [4.78, 5) is 14.6. The van der Waals surface area contributed by atoms with Crippen LogP contribution in [0.3, 0.4) is 0 Å². The molecule has 0 bridgehead atoms. The highest BCUT2D eigenvalue weighted by Crippen LogP contribution is 2.28. The Morgan fingerprint density at radius 1 is 1.14 bits per heavy atom. The minimum absolute atomic E-state index is 0.0801. The summed E-state index contributed by atoms with van der Waals surface area (Å²) in [6.45, 7) is 3.31. The lowest BCUT2D eigenvalue weighted by molar-refractivity contribution is 0.0589. The van der Waals surface area contributed by atoms with E-state index < -0.39 is 0 Å². The van der Waals surface area contributed by atoms with Gasteiger partial charge < -0.3 is 14.7 Å². The van der Waals surface area contributed by atoms with Gasteiger partial charge in [-0.2, -0.15) is 5.10 Å². The van der Waals surface area contributed by atoms with Crippen molar-refractivity contribution in [3.8, 4) is 22.8 Å². The molecule has 3 aromatic rings. The molecule has 0 saturated carbocycles. The third-order valence-electron chi connectivity index (χ3n) is 5.10. The first-order valence-corrected chi connectivity index (χ1v) is 9.47. The third-order valence-corrected chi connectivity index (χ3v) is 5.10. The summed E-state index contributed by atoms with van der Waals surface area (Å²) in [6, 6.07) is 16.6. The lowest BCUT2D eigenvalue weighted by Crippen LogP contribution is -2.42. The average molecular weight is 377 g/mol. The highest BCUT2D eigenvalue weighted by Gasteiger charge is 2.26. The molecule has 1 aliphatic heterocycles. The van der Waals surface area contributed by atoms with Crippen molar-refractivity contribution in [3.05, 3.63) is 65.9 Å². The second-order valence-electron chi connectivity index (χ2n) is 7.06. The molecule has 0 atom stereocenters. The number of ether oxygens (including phenoxy) is 1. The maximum Gasteiger partial charge on any atom is 0.271 e. The Morgan fingerprint density at radius 3 is 2.61 bits per heavy atom. The summed E-state index contributed by atoms with van der Waals surface area (Å²) < 4.78 is 6.11. The molecule has 0 spiro atoms. The van der Waals surface area contributed by atoms with Crippen LogP contribution in [0.25, 0.3) is 11.3 Å². The Morgan fingerprint density at radius 2 is 1.86 bits per heavy atom. The lowest BCUT2D eigenvalue weighted by atomic mass is 10.1. The second-order valence-corrected chi connectivity index (χ2v) is 7.06. The largest absolute Gasteiger partial charge is 0.507 e. The smallest absolute Gasteiger partial charge is 0.271 e. The second kappa shape index (κ2) is 7.76. The number of nitrogens with zero attached hydrogens (tertiary/aromatic N) is 2. The third kappa shape index (κ3) is 3.71. The Hall–Kier alpha value is -3.28. The molecule has 1 amide bonds. The molecule has 1 aliphatic rings. The predicted octanol–water partition coefficient (Wildman–Crippen LogP) is 3.77. The van der Waals surface area contributed by atoms with Crippen LogP contribution in [0.2, 0.25) is 0 Å². The number of carbonyl (C=O) groups is 1. The fraction of sp³-hybridized carbons (Fsp3) is 0.273. The number of hydrogen-bond acceptors (Lipinski definition) is 4. The number of aromatic nitrogens is 2. The van der Waals surface area contributed by atoms with E-state index in [0.717, 1.165) is 24.2 Å². The van der Waals surface area contributed by atoms with Gasteiger partial charge in [0, 0.05) is 31.5 Å². The lowest BCUT2D eigenvalue weighted by Gasteiger charge is -2.32. The fourth-order valence-electron chi connectivity index (χ4n) is 3.47. The van der Waals surface area contributed by atoms with E-state index in [0.29, 0.717) is 30.0 Å². The number of rotatable bonds is 4. The molecule has 1 saturated heterocycles. The number of aromatic hydroxyl groups is 1. The molecule has 0 radical (unpaired) electrons. The first kappa shape index (κ1) is 18.1. The molecule has 0 unspecified atom stereocenters. The number of benzene rings is 2. The van der Waals surface area contributed by atoms with Gasteiger partial charge in [-0.05, 0) is 36.8 Å². The van der Waals surface area contributed by atoms with Crippen molar-refractivity contribution in [3.63, 3.8) is 0 Å². The molecule has 144 valence electrons. The number of aromatic amines is 1. The molecule has 2 aromatic carbocycles. The number of amides is 1. The molecular weight excluding hydrogens is 354 g/mol. The van der Waals surface area contributed by atoms with Gasteiger partial charge in [0.15, 0.2) is 0 Å². The number of hydrogen-bond donors (Lipinski definition) is 2. The zero-order valence-electron chi connectivity index (χ0n) is 15.8. The zero-order valence-corrected chi connectivity index (χ0v) is 15.8. The van der Waals surface area contributed by atoms with Gasteiger partial charge in [0.05, 0.1) is 5.69 Å². The van der Waals surface area contributed by atoms with E-state index in [4.69, 9.17) is 4.74 Å². The van der Waals surface area contributed by atoms with Crippen molar-refractivity contribution in [1.82, 2.24) is 15.1 Å². The summed E-state index contributed by atoms with van der Waals surface area (Å²) in [7, 11) is 0. The maximum absolute atomic E-state index is 12.8. The van der Waals surface area contributed by atoms with Crippen LogP contribution < -0.4 is 4.74 Å². The van der Waals surface area contributed by atoms with Crippen LogP contribution in [0.1, 0.15) is 28.9 Å². The molecule has 1 fully saturated rings. The number of phenolic OH excluding ortho intramolecular Hbond substituents is 1. The molecule has 28 heavy (non-hydrogen) atoms. The van der Waals surface area contributed by atoms with E-state index in [2.05, 4.69) is 10.2 Å². The van der Waals surface area contributed by atoms with Crippen LogP contribution in [0.5, 0.6) is 11.5 Å². The van der Waals surface area contributed by atoms with Gasteiger partial charge in [0.2, 0.25) is 0 Å². The number of likely N-dealkylation sites (tertiary alicyclic amines) is 1. The molecule has 0 aliphatic carbocycles. The molecule has 4 rings (SSSR count). The molecule has 6 heteroatoms. The number of piperidine rings is 1. The number of aryl methyl sites for hydroxylation is 1. The van der Waals surface area contributed by atoms with Crippen molar-refractivity contribution >= 4 is 5.91 Å². The topological polar surface area (TPSA) is 78.4 Å². The zero-order chi connectivity index (χ0) is 19.5. The van der Waals surface area contributed by atoms with Crippen LogP contribution >= 0.6 is 0 Å². The van der Waals surface area contributed by atoms with Gasteiger partial charge in [0.25, 0.3) is 5.91 Å². The summed E-state index contributed by atoms with van der Waals surface area (Å²) in [5.41, 5.74) is 2.70. The number of H-pyrrole nitrogens is 1. The van der Waals surface area contributed by atoms with E-state index in [9.17, 15) is 9.90 Å². The van der Waals surface area contributed by atoms with Gasteiger partial charge in [-0.1, -0.05) is 30.3 Å². The number of nitrogens with one attached hydrogen (secondary N) is 1. The monoisotopic (exact) mass is 377 g/mol. The normalized spacial score (nSPS) is 14.8. The summed E-state index contributed by atoms with van der Waals surface area (Å²) in [6.07, 6.45) is 1.70. The van der Waals surface area contributed by atoms with Gasteiger partial charge in [-0.15, -0.1) is 0 Å². The van der Waals surface area contributed by atoms with Crippen LogP contribution in [-0.2, 0) is 0 Å². The molecule has 1 aromatic heterocycles. The van der Waals surface area contributed by atoms with E-state index in [1.54, 1.807) is 24.3 Å². The highest BCUT2D eigenvalue weighted by atomic mass is 16.5. The first-order chi connectivity index (χ1) is 13.6. The van der Waals surface area contributed by atoms with E-state index in [1.165, 1.54) is 0 Å². The standard InChI is InChI=1S/C22H23N3O3/c1-15-6-2-5-9-21(15)28-16-10-12-25(13-11-16)22(27)19-14-18(23-24-19)17-7-3-4-8-20(17)26/h2-9,14,16,26H,10-13H2,1H3,(H,23,24). The van der Waals surface area contributed by atoms with E-state index in [-0.39, 0.29) is 17.8 Å². The summed E-state index contributed by atoms with van der Waals surface area (Å²) >= 11 is 0. The average Bonchev–Trinajstić information content (AvgIpc) is 3.20.